The second-order valence-electron chi connectivity index (χ2n) is 7.11. The van der Waals surface area contributed by atoms with E-state index in [0.29, 0.717) is 11.3 Å². The Bertz CT molecular complexity index is 505. The molecule has 3 heteroatoms. The van der Waals surface area contributed by atoms with Crippen molar-refractivity contribution < 1.29 is 4.79 Å². The maximum atomic E-state index is 11.3. The van der Waals surface area contributed by atoms with Crippen molar-refractivity contribution in [2.45, 2.75) is 39.5 Å². The lowest BCUT2D eigenvalue weighted by molar-refractivity contribution is -0.142. The molecule has 0 aromatic heterocycles. The Balaban J connectivity index is 1.58. The third-order valence-corrected chi connectivity index (χ3v) is 5.25. The highest BCUT2D eigenvalue weighted by Crippen LogP contribution is 2.41. The van der Waals surface area contributed by atoms with E-state index in [-0.39, 0.29) is 5.91 Å². The molecule has 2 saturated heterocycles. The number of hydrogen-bond acceptors (Lipinski definition) is 2. The molecule has 1 spiro atoms. The van der Waals surface area contributed by atoms with Crippen LogP contribution in [0.15, 0.2) is 24.3 Å². The lowest BCUT2D eigenvalue weighted by Gasteiger charge is -2.54. The number of nitrogens with zero attached hydrogens (tertiary/aromatic N) is 2. The van der Waals surface area contributed by atoms with Crippen LogP contribution >= 0.6 is 0 Å². The summed E-state index contributed by atoms with van der Waals surface area (Å²) >= 11 is 0. The number of likely N-dealkylation sites (tertiary alicyclic amines) is 1. The average Bonchev–Trinajstić information content (AvgIpc) is 2.45. The molecule has 2 fully saturated rings. The highest BCUT2D eigenvalue weighted by molar-refractivity contribution is 5.74. The zero-order valence-corrected chi connectivity index (χ0v) is 13.4. The molecule has 3 nitrogen and oxygen atoms in total. The van der Waals surface area contributed by atoms with Gasteiger partial charge in [-0.1, -0.05) is 26.0 Å². The molecule has 0 aliphatic carbocycles. The summed E-state index contributed by atoms with van der Waals surface area (Å²) in [6, 6.07) is 9.03. The fourth-order valence-electron chi connectivity index (χ4n) is 3.61. The van der Waals surface area contributed by atoms with Crippen molar-refractivity contribution in [3.05, 3.63) is 29.8 Å². The van der Waals surface area contributed by atoms with Crippen LogP contribution in [0, 0.1) is 5.41 Å². The molecule has 0 unspecified atom stereocenters. The Morgan fingerprint density at radius 2 is 1.67 bits per heavy atom. The van der Waals surface area contributed by atoms with E-state index in [4.69, 9.17) is 0 Å². The van der Waals surface area contributed by atoms with Gasteiger partial charge in [0.05, 0.1) is 0 Å². The van der Waals surface area contributed by atoms with E-state index in [1.807, 2.05) is 4.90 Å². The van der Waals surface area contributed by atoms with Gasteiger partial charge in [0, 0.05) is 44.2 Å². The van der Waals surface area contributed by atoms with Crippen LogP contribution in [0.25, 0.3) is 0 Å². The first-order valence-corrected chi connectivity index (χ1v) is 8.10. The fraction of sp³-hybridized carbons (Fsp3) is 0.611. The maximum Gasteiger partial charge on any atom is 0.219 e. The van der Waals surface area contributed by atoms with Crippen LogP contribution in [0.3, 0.4) is 0 Å². The van der Waals surface area contributed by atoms with Gasteiger partial charge in [0.25, 0.3) is 0 Å². The zero-order valence-electron chi connectivity index (χ0n) is 13.4. The van der Waals surface area contributed by atoms with Crippen molar-refractivity contribution in [2.75, 3.05) is 31.1 Å². The monoisotopic (exact) mass is 286 g/mol. The molecule has 0 N–H and O–H groups in total. The van der Waals surface area contributed by atoms with Gasteiger partial charge in [0.1, 0.15) is 0 Å². The summed E-state index contributed by atoms with van der Waals surface area (Å²) in [5, 5.41) is 0. The Hall–Kier alpha value is -1.51. The number of anilines is 1. The molecule has 1 aromatic rings. The van der Waals surface area contributed by atoms with Gasteiger partial charge in [-0.25, -0.2) is 0 Å². The minimum Gasteiger partial charge on any atom is -0.371 e. The molecule has 114 valence electrons. The Morgan fingerprint density at radius 3 is 2.14 bits per heavy atom. The van der Waals surface area contributed by atoms with Crippen LogP contribution in [0.1, 0.15) is 45.1 Å². The summed E-state index contributed by atoms with van der Waals surface area (Å²) in [4.78, 5) is 15.8. The summed E-state index contributed by atoms with van der Waals surface area (Å²) in [7, 11) is 0. The van der Waals surface area contributed by atoms with Crippen molar-refractivity contribution >= 4 is 11.6 Å². The van der Waals surface area contributed by atoms with E-state index in [0.717, 1.165) is 26.2 Å². The van der Waals surface area contributed by atoms with Crippen LogP contribution in [-0.4, -0.2) is 37.0 Å². The van der Waals surface area contributed by atoms with Crippen molar-refractivity contribution in [1.29, 1.82) is 0 Å². The van der Waals surface area contributed by atoms with E-state index in [1.165, 1.54) is 24.1 Å². The minimum atomic E-state index is 0.229. The molecule has 1 aromatic carbocycles. The smallest absolute Gasteiger partial charge is 0.219 e. The number of piperidine rings is 1. The Kier molecular flexibility index (Phi) is 3.68. The number of carbonyl (C=O) groups is 1. The normalized spacial score (nSPS) is 20.8. The Labute approximate surface area is 127 Å². The van der Waals surface area contributed by atoms with Gasteiger partial charge in [0.2, 0.25) is 5.91 Å². The van der Waals surface area contributed by atoms with E-state index >= 15 is 0 Å². The van der Waals surface area contributed by atoms with E-state index in [1.54, 1.807) is 6.92 Å². The molecular weight excluding hydrogens is 260 g/mol. The van der Waals surface area contributed by atoms with Crippen molar-refractivity contribution in [3.63, 3.8) is 0 Å². The van der Waals surface area contributed by atoms with E-state index < -0.39 is 0 Å². The van der Waals surface area contributed by atoms with Gasteiger partial charge in [-0.15, -0.1) is 0 Å². The van der Waals surface area contributed by atoms with Crippen LogP contribution < -0.4 is 4.90 Å². The molecule has 0 bridgehead atoms. The van der Waals surface area contributed by atoms with E-state index in [2.05, 4.69) is 43.0 Å². The molecule has 21 heavy (non-hydrogen) atoms. The number of hydrogen-bond donors (Lipinski definition) is 0. The molecule has 0 radical (unpaired) electrons. The van der Waals surface area contributed by atoms with Crippen LogP contribution in [0.5, 0.6) is 0 Å². The second kappa shape index (κ2) is 5.36. The number of benzene rings is 1. The van der Waals surface area contributed by atoms with Crippen molar-refractivity contribution in [1.82, 2.24) is 4.90 Å². The lowest BCUT2D eigenvalue weighted by Crippen LogP contribution is -2.61. The van der Waals surface area contributed by atoms with Gasteiger partial charge in [-0.3, -0.25) is 4.79 Å². The summed E-state index contributed by atoms with van der Waals surface area (Å²) < 4.78 is 0. The molecule has 0 atom stereocenters. The molecule has 2 aliphatic rings. The van der Waals surface area contributed by atoms with Crippen molar-refractivity contribution in [2.24, 2.45) is 5.41 Å². The standard InChI is InChI=1S/C18H26N2O/c1-14(2)16-4-6-17(7-5-16)19-10-8-18(9-11-19)12-20(13-18)15(3)21/h4-7,14H,8-13H2,1-3H3. The first-order valence-electron chi connectivity index (χ1n) is 8.10. The second-order valence-corrected chi connectivity index (χ2v) is 7.11. The van der Waals surface area contributed by atoms with Crippen molar-refractivity contribution in [3.8, 4) is 0 Å². The molecule has 1 amide bonds. The quantitative estimate of drug-likeness (QED) is 0.833. The summed E-state index contributed by atoms with van der Waals surface area (Å²) in [6.07, 6.45) is 2.42. The van der Waals surface area contributed by atoms with Gasteiger partial charge in [0.15, 0.2) is 0 Å². The van der Waals surface area contributed by atoms with Gasteiger partial charge in [-0.2, -0.15) is 0 Å². The number of amides is 1. The molecule has 2 heterocycles. The van der Waals surface area contributed by atoms with Gasteiger partial charge >= 0.3 is 0 Å². The topological polar surface area (TPSA) is 23.6 Å². The summed E-state index contributed by atoms with van der Waals surface area (Å²) in [6.45, 7) is 10.3. The Morgan fingerprint density at radius 1 is 1.10 bits per heavy atom. The average molecular weight is 286 g/mol. The minimum absolute atomic E-state index is 0.229. The number of rotatable bonds is 2. The third kappa shape index (κ3) is 2.78. The molecule has 0 saturated carbocycles. The SMILES string of the molecule is CC(=O)N1CC2(CCN(c3ccc(C(C)C)cc3)CC2)C1. The molecular formula is C18H26N2O. The largest absolute Gasteiger partial charge is 0.371 e. The lowest BCUT2D eigenvalue weighted by atomic mass is 9.72. The van der Waals surface area contributed by atoms with Crippen LogP contribution in [0.2, 0.25) is 0 Å². The molecule has 2 aliphatic heterocycles. The fourth-order valence-corrected chi connectivity index (χ4v) is 3.61. The predicted molar refractivity (Wildman–Crippen MR) is 86.7 cm³/mol. The first kappa shape index (κ1) is 14.4. The highest BCUT2D eigenvalue weighted by Gasteiger charge is 2.45. The first-order chi connectivity index (χ1) is 9.99. The summed E-state index contributed by atoms with van der Waals surface area (Å²) in [5.41, 5.74) is 3.17. The van der Waals surface area contributed by atoms with Gasteiger partial charge < -0.3 is 9.80 Å². The van der Waals surface area contributed by atoms with Crippen LogP contribution in [-0.2, 0) is 4.79 Å². The maximum absolute atomic E-state index is 11.3. The third-order valence-electron chi connectivity index (χ3n) is 5.25. The summed E-state index contributed by atoms with van der Waals surface area (Å²) in [5.74, 6) is 0.823. The van der Waals surface area contributed by atoms with Crippen LogP contribution in [0.4, 0.5) is 5.69 Å². The molecule has 3 rings (SSSR count). The zero-order chi connectivity index (χ0) is 15.0. The van der Waals surface area contributed by atoms with Gasteiger partial charge in [-0.05, 0) is 36.5 Å². The van der Waals surface area contributed by atoms with E-state index in [9.17, 15) is 4.79 Å². The highest BCUT2D eigenvalue weighted by atomic mass is 16.2. The predicted octanol–water partition coefficient (Wildman–Crippen LogP) is 3.26. The number of carbonyl (C=O) groups excluding carboxylic acids is 1.